The highest BCUT2D eigenvalue weighted by molar-refractivity contribution is 8.00. The van der Waals surface area contributed by atoms with Crippen LogP contribution in [0.3, 0.4) is 0 Å². The Balaban J connectivity index is 1.98. The first-order valence-corrected chi connectivity index (χ1v) is 6.78. The lowest BCUT2D eigenvalue weighted by atomic mass is 10.2. The number of pyridine rings is 1. The highest BCUT2D eigenvalue weighted by Gasteiger charge is 2.07. The van der Waals surface area contributed by atoms with Gasteiger partial charge >= 0.3 is 0 Å². The van der Waals surface area contributed by atoms with Gasteiger partial charge in [-0.3, -0.25) is 9.78 Å². The summed E-state index contributed by atoms with van der Waals surface area (Å²) in [4.78, 5) is 17.1. The zero-order valence-electron chi connectivity index (χ0n) is 10.5. The summed E-state index contributed by atoms with van der Waals surface area (Å²) >= 11 is 1.56. The molecule has 0 N–H and O–H groups in total. The van der Waals surface area contributed by atoms with Crippen molar-refractivity contribution in [2.45, 2.75) is 18.7 Å². The number of benzene rings is 1. The second-order valence-electron chi connectivity index (χ2n) is 4.28. The zero-order valence-corrected chi connectivity index (χ0v) is 11.3. The van der Waals surface area contributed by atoms with Gasteiger partial charge in [-0.2, -0.15) is 0 Å². The van der Waals surface area contributed by atoms with Crippen LogP contribution < -0.4 is 0 Å². The maximum atomic E-state index is 12.0. The first kappa shape index (κ1) is 12.8. The molecule has 0 aliphatic carbocycles. The molecule has 0 amide bonds. The fraction of sp³-hybridized carbons (Fsp3) is 0.200. The second-order valence-corrected chi connectivity index (χ2v) is 5.32. The van der Waals surface area contributed by atoms with Gasteiger partial charge < -0.3 is 0 Å². The number of carbonyl (C=O) groups is 1. The van der Waals surface area contributed by atoms with E-state index in [1.165, 1.54) is 5.56 Å². The molecule has 0 fully saturated rings. The van der Waals surface area contributed by atoms with Crippen molar-refractivity contribution in [3.05, 3.63) is 59.4 Å². The van der Waals surface area contributed by atoms with E-state index >= 15 is 0 Å². The van der Waals surface area contributed by atoms with Crippen LogP contribution in [0, 0.1) is 13.8 Å². The van der Waals surface area contributed by atoms with Gasteiger partial charge in [-0.25, -0.2) is 0 Å². The Kier molecular flexibility index (Phi) is 4.15. The van der Waals surface area contributed by atoms with Crippen molar-refractivity contribution in [3.63, 3.8) is 0 Å². The van der Waals surface area contributed by atoms with Crippen molar-refractivity contribution >= 4 is 17.5 Å². The van der Waals surface area contributed by atoms with Crippen molar-refractivity contribution in [2.75, 3.05) is 5.75 Å². The molecule has 0 spiro atoms. The third-order valence-corrected chi connectivity index (χ3v) is 3.60. The lowest BCUT2D eigenvalue weighted by Gasteiger charge is -2.02. The highest BCUT2D eigenvalue weighted by Crippen LogP contribution is 2.19. The summed E-state index contributed by atoms with van der Waals surface area (Å²) in [6.07, 6.45) is 3.38. The number of thioether (sulfide) groups is 1. The summed E-state index contributed by atoms with van der Waals surface area (Å²) in [7, 11) is 0. The maximum Gasteiger partial charge on any atom is 0.174 e. The van der Waals surface area contributed by atoms with Gasteiger partial charge in [-0.05, 0) is 37.6 Å². The van der Waals surface area contributed by atoms with Crippen molar-refractivity contribution in [2.24, 2.45) is 0 Å². The standard InChI is InChI=1S/C15H15NOS/c1-11-3-5-14(6-4-11)18-10-15(17)13-7-12(2)8-16-9-13/h3-9H,10H2,1-2H3. The molecule has 2 rings (SSSR count). The van der Waals surface area contributed by atoms with Crippen molar-refractivity contribution in [3.8, 4) is 0 Å². The van der Waals surface area contributed by atoms with Gasteiger partial charge in [0.05, 0.1) is 5.75 Å². The normalized spacial score (nSPS) is 10.3. The van der Waals surface area contributed by atoms with Crippen LogP contribution in [-0.2, 0) is 0 Å². The molecule has 0 bridgehead atoms. The van der Waals surface area contributed by atoms with Crippen LogP contribution in [-0.4, -0.2) is 16.5 Å². The third kappa shape index (κ3) is 3.44. The number of hydrogen-bond acceptors (Lipinski definition) is 3. The van der Waals surface area contributed by atoms with E-state index in [-0.39, 0.29) is 5.78 Å². The Bertz CT molecular complexity index is 549. The molecule has 0 aliphatic heterocycles. The zero-order chi connectivity index (χ0) is 13.0. The molecule has 2 aromatic rings. The fourth-order valence-corrected chi connectivity index (χ4v) is 2.37. The summed E-state index contributed by atoms with van der Waals surface area (Å²) in [5, 5.41) is 0. The predicted octanol–water partition coefficient (Wildman–Crippen LogP) is 3.67. The van der Waals surface area contributed by atoms with Crippen LogP contribution in [0.15, 0.2) is 47.6 Å². The van der Waals surface area contributed by atoms with Crippen molar-refractivity contribution in [1.82, 2.24) is 4.98 Å². The second kappa shape index (κ2) is 5.83. The van der Waals surface area contributed by atoms with E-state index in [0.717, 1.165) is 10.5 Å². The largest absolute Gasteiger partial charge is 0.293 e. The number of aryl methyl sites for hydroxylation is 2. The predicted molar refractivity (Wildman–Crippen MR) is 75.2 cm³/mol. The lowest BCUT2D eigenvalue weighted by Crippen LogP contribution is -2.03. The van der Waals surface area contributed by atoms with E-state index in [9.17, 15) is 4.79 Å². The Labute approximate surface area is 111 Å². The molecular formula is C15H15NOS. The topological polar surface area (TPSA) is 30.0 Å². The minimum atomic E-state index is 0.122. The van der Waals surface area contributed by atoms with E-state index in [1.807, 2.05) is 25.1 Å². The minimum absolute atomic E-state index is 0.122. The van der Waals surface area contributed by atoms with Crippen LogP contribution in [0.4, 0.5) is 0 Å². The first-order chi connectivity index (χ1) is 8.65. The highest BCUT2D eigenvalue weighted by atomic mass is 32.2. The van der Waals surface area contributed by atoms with Crippen LogP contribution in [0.1, 0.15) is 21.5 Å². The summed E-state index contributed by atoms with van der Waals surface area (Å²) in [6, 6.07) is 10.1. The molecule has 1 heterocycles. The molecule has 2 nitrogen and oxygen atoms in total. The van der Waals surface area contributed by atoms with Gasteiger partial charge in [0.1, 0.15) is 0 Å². The SMILES string of the molecule is Cc1ccc(SCC(=O)c2cncc(C)c2)cc1. The minimum Gasteiger partial charge on any atom is -0.293 e. The number of aromatic nitrogens is 1. The molecule has 92 valence electrons. The molecule has 0 radical (unpaired) electrons. The van der Waals surface area contributed by atoms with Gasteiger partial charge in [0.25, 0.3) is 0 Å². The van der Waals surface area contributed by atoms with Crippen LogP contribution >= 0.6 is 11.8 Å². The molecular weight excluding hydrogens is 242 g/mol. The van der Waals surface area contributed by atoms with Gasteiger partial charge in [0, 0.05) is 22.9 Å². The van der Waals surface area contributed by atoms with Crippen LogP contribution in [0.5, 0.6) is 0 Å². The summed E-state index contributed by atoms with van der Waals surface area (Å²) < 4.78 is 0. The first-order valence-electron chi connectivity index (χ1n) is 5.79. The molecule has 1 aromatic heterocycles. The van der Waals surface area contributed by atoms with Gasteiger partial charge in [0.2, 0.25) is 0 Å². The fourth-order valence-electron chi connectivity index (χ4n) is 1.57. The molecule has 1 aromatic carbocycles. The van der Waals surface area contributed by atoms with Crippen molar-refractivity contribution in [1.29, 1.82) is 0 Å². The Hall–Kier alpha value is -1.61. The monoisotopic (exact) mass is 257 g/mol. The molecule has 18 heavy (non-hydrogen) atoms. The van der Waals surface area contributed by atoms with Crippen LogP contribution in [0.25, 0.3) is 0 Å². The third-order valence-electron chi connectivity index (χ3n) is 2.59. The number of rotatable bonds is 4. The summed E-state index contributed by atoms with van der Waals surface area (Å²) in [5.41, 5.74) is 2.93. The molecule has 0 saturated heterocycles. The Morgan fingerprint density at radius 2 is 1.83 bits per heavy atom. The van der Waals surface area contributed by atoms with E-state index < -0.39 is 0 Å². The van der Waals surface area contributed by atoms with E-state index in [4.69, 9.17) is 0 Å². The number of carbonyl (C=O) groups excluding carboxylic acids is 1. The summed E-state index contributed by atoms with van der Waals surface area (Å²) in [5.74, 6) is 0.575. The van der Waals surface area contributed by atoms with E-state index in [1.54, 1.807) is 24.2 Å². The molecule has 0 aliphatic rings. The Morgan fingerprint density at radius 3 is 2.50 bits per heavy atom. The number of ketones is 1. The molecule has 0 atom stereocenters. The molecule has 0 unspecified atom stereocenters. The smallest absolute Gasteiger partial charge is 0.174 e. The average Bonchev–Trinajstić information content (AvgIpc) is 2.38. The maximum absolute atomic E-state index is 12.0. The molecule has 3 heteroatoms. The number of nitrogens with zero attached hydrogens (tertiary/aromatic N) is 1. The Morgan fingerprint density at radius 1 is 1.11 bits per heavy atom. The summed E-state index contributed by atoms with van der Waals surface area (Å²) in [6.45, 7) is 3.99. The number of Topliss-reactive ketones (excluding diaryl/α,β-unsaturated/α-hetero) is 1. The van der Waals surface area contributed by atoms with E-state index in [0.29, 0.717) is 11.3 Å². The van der Waals surface area contributed by atoms with Gasteiger partial charge in [-0.15, -0.1) is 11.8 Å². The van der Waals surface area contributed by atoms with Gasteiger partial charge in [-0.1, -0.05) is 17.7 Å². The number of hydrogen-bond donors (Lipinski definition) is 0. The molecule has 0 saturated carbocycles. The lowest BCUT2D eigenvalue weighted by molar-refractivity contribution is 0.102. The van der Waals surface area contributed by atoms with Crippen LogP contribution in [0.2, 0.25) is 0 Å². The quantitative estimate of drug-likeness (QED) is 0.618. The van der Waals surface area contributed by atoms with Gasteiger partial charge in [0.15, 0.2) is 5.78 Å². The van der Waals surface area contributed by atoms with Crippen molar-refractivity contribution < 1.29 is 4.79 Å². The van der Waals surface area contributed by atoms with E-state index in [2.05, 4.69) is 24.0 Å². The average molecular weight is 257 g/mol.